The topological polar surface area (TPSA) is 138 Å². The number of thioether (sulfide) groups is 1. The van der Waals surface area contributed by atoms with Gasteiger partial charge in [0.15, 0.2) is 18.0 Å². The number of benzene rings is 1. The number of esters is 2. The Labute approximate surface area is 287 Å². The summed E-state index contributed by atoms with van der Waals surface area (Å²) in [5.41, 5.74) is 1.10. The van der Waals surface area contributed by atoms with E-state index in [2.05, 4.69) is 18.1 Å². The molecule has 0 radical (unpaired) electrons. The van der Waals surface area contributed by atoms with Crippen molar-refractivity contribution in [3.8, 4) is 5.69 Å². The molecule has 0 saturated heterocycles. The molecule has 0 unspecified atom stereocenters. The lowest BCUT2D eigenvalue weighted by Gasteiger charge is -2.60. The van der Waals surface area contributed by atoms with E-state index in [1.54, 1.807) is 18.2 Å². The molecule has 2 heterocycles. The predicted molar refractivity (Wildman–Crippen MR) is 177 cm³/mol. The molecule has 12 heteroatoms. The molecule has 0 spiro atoms. The fourth-order valence-electron chi connectivity index (χ4n) is 9.59. The Hall–Kier alpha value is -4.03. The number of aromatic nitrogens is 2. The van der Waals surface area contributed by atoms with Crippen molar-refractivity contribution in [3.05, 3.63) is 77.3 Å². The lowest BCUT2D eigenvalue weighted by atomic mass is 9.45. The number of furan rings is 1. The van der Waals surface area contributed by atoms with Crippen molar-refractivity contribution in [3.63, 3.8) is 0 Å². The first-order valence-electron chi connectivity index (χ1n) is 16.7. The first-order chi connectivity index (χ1) is 23.4. The molecule has 258 valence electrons. The molecule has 0 bridgehead atoms. The molecule has 3 aromatic rings. The van der Waals surface area contributed by atoms with Crippen molar-refractivity contribution in [1.82, 2.24) is 9.78 Å². The highest BCUT2D eigenvalue weighted by Gasteiger charge is 2.71. The highest BCUT2D eigenvalue weighted by atomic mass is 32.2. The van der Waals surface area contributed by atoms with Crippen molar-refractivity contribution in [2.75, 3.05) is 12.4 Å². The van der Waals surface area contributed by atoms with Crippen molar-refractivity contribution >= 4 is 40.7 Å². The van der Waals surface area contributed by atoms with Crippen LogP contribution in [0.15, 0.2) is 58.8 Å². The molecule has 7 atom stereocenters. The van der Waals surface area contributed by atoms with Gasteiger partial charge in [-0.2, -0.15) is 5.10 Å². The number of hydrogen-bond acceptors (Lipinski definition) is 10. The number of nitrogens with zero attached hydrogens (tertiary/aromatic N) is 2. The molecule has 2 aromatic heterocycles. The summed E-state index contributed by atoms with van der Waals surface area (Å²) in [7, 11) is 0. The number of fused-ring (bicyclic) bond motifs is 6. The zero-order chi connectivity index (χ0) is 34.7. The minimum Gasteiger partial charge on any atom is -0.458 e. The Kier molecular flexibility index (Phi) is 8.46. The van der Waals surface area contributed by atoms with E-state index in [0.717, 1.165) is 41.5 Å². The average Bonchev–Trinajstić information content (AvgIpc) is 3.80. The van der Waals surface area contributed by atoms with Gasteiger partial charge in [-0.3, -0.25) is 14.4 Å². The van der Waals surface area contributed by atoms with Gasteiger partial charge in [-0.05, 0) is 110 Å². The number of ether oxygens (including phenoxy) is 2. The van der Waals surface area contributed by atoms with E-state index in [4.69, 9.17) is 13.9 Å². The molecule has 1 N–H and O–H groups in total. The van der Waals surface area contributed by atoms with Crippen LogP contribution in [0.25, 0.3) is 11.8 Å². The Bertz CT molecular complexity index is 1840. The van der Waals surface area contributed by atoms with Crippen LogP contribution in [-0.2, 0) is 30.3 Å². The summed E-state index contributed by atoms with van der Waals surface area (Å²) in [5, 5.41) is 16.4. The van der Waals surface area contributed by atoms with Crippen LogP contribution in [0, 0.1) is 34.4 Å². The summed E-state index contributed by atoms with van der Waals surface area (Å²) in [4.78, 5) is 51.4. The third kappa shape index (κ3) is 5.47. The van der Waals surface area contributed by atoms with Crippen LogP contribution in [0.1, 0.15) is 74.7 Å². The Morgan fingerprint density at radius 1 is 1.14 bits per heavy atom. The number of halogens is 1. The number of carbonyl (C=O) groups excluding carboxylic acids is 4. The summed E-state index contributed by atoms with van der Waals surface area (Å²) in [6.45, 7) is 4.91. The number of allylic oxidation sites excluding steroid dienone is 1. The van der Waals surface area contributed by atoms with Gasteiger partial charge in [0.25, 0.3) is 0 Å². The fraction of sp³-hybridized carbons (Fsp3) is 0.486. The molecule has 3 saturated carbocycles. The van der Waals surface area contributed by atoms with Crippen molar-refractivity contribution in [1.29, 1.82) is 0 Å². The summed E-state index contributed by atoms with van der Waals surface area (Å²) in [6.07, 6.45) is 7.91. The SMILES string of the molecule is CC(=O)OCC(=O)CSC(=O)[C@@]1(OC(=O)c2ccco2)CC[C@H]2[C@@H]3CCC4=Cc5c(cnn5-c5ccc(F)cc5)C[C@]4(C)[C@H]3[C@@H](O)C[C@@]21C. The van der Waals surface area contributed by atoms with Gasteiger partial charge in [-0.25, -0.2) is 13.9 Å². The molecular formula is C37H39FN2O8S. The van der Waals surface area contributed by atoms with E-state index < -0.39 is 46.6 Å². The molecule has 1 aromatic carbocycles. The summed E-state index contributed by atoms with van der Waals surface area (Å²) >= 11 is 0.759. The van der Waals surface area contributed by atoms with Gasteiger partial charge < -0.3 is 19.0 Å². The number of ketones is 1. The van der Waals surface area contributed by atoms with Crippen molar-refractivity contribution in [2.45, 2.75) is 71.0 Å². The maximum absolute atomic E-state index is 14.3. The normalized spacial score (nSPS) is 31.4. The number of hydrogen-bond donors (Lipinski definition) is 1. The van der Waals surface area contributed by atoms with E-state index in [1.165, 1.54) is 37.0 Å². The minimum absolute atomic E-state index is 0.0384. The zero-order valence-corrected chi connectivity index (χ0v) is 28.5. The summed E-state index contributed by atoms with van der Waals surface area (Å²) in [6, 6.07) is 9.29. The van der Waals surface area contributed by atoms with Gasteiger partial charge in [0.1, 0.15) is 5.82 Å². The summed E-state index contributed by atoms with van der Waals surface area (Å²) in [5.74, 6) is -2.54. The molecule has 49 heavy (non-hydrogen) atoms. The van der Waals surface area contributed by atoms with E-state index in [0.29, 0.717) is 12.8 Å². The zero-order valence-electron chi connectivity index (χ0n) is 27.6. The Morgan fingerprint density at radius 2 is 1.92 bits per heavy atom. The number of rotatable bonds is 8. The predicted octanol–water partition coefficient (Wildman–Crippen LogP) is 5.75. The molecule has 7 rings (SSSR count). The van der Waals surface area contributed by atoms with Crippen LogP contribution in [-0.4, -0.2) is 61.8 Å². The molecule has 4 aliphatic rings. The Morgan fingerprint density at radius 3 is 2.63 bits per heavy atom. The molecule has 3 fully saturated rings. The molecule has 0 amide bonds. The largest absolute Gasteiger partial charge is 0.458 e. The van der Waals surface area contributed by atoms with Gasteiger partial charge >= 0.3 is 11.9 Å². The monoisotopic (exact) mass is 690 g/mol. The fourth-order valence-corrected chi connectivity index (χ4v) is 10.6. The van der Waals surface area contributed by atoms with Crippen LogP contribution in [0.3, 0.4) is 0 Å². The van der Waals surface area contributed by atoms with Crippen molar-refractivity contribution in [2.24, 2.45) is 28.6 Å². The van der Waals surface area contributed by atoms with E-state index in [9.17, 15) is 28.7 Å². The van der Waals surface area contributed by atoms with Gasteiger partial charge in [-0.15, -0.1) is 0 Å². The second-order valence-corrected chi connectivity index (χ2v) is 15.3. The van der Waals surface area contributed by atoms with Gasteiger partial charge in [0.05, 0.1) is 35.7 Å². The molecule has 10 nitrogen and oxygen atoms in total. The highest BCUT2D eigenvalue weighted by molar-refractivity contribution is 8.14. The number of aliphatic hydroxyl groups is 1. The standard InChI is InChI=1S/C37H39FN2O8S/c1-21(41)47-19-26(42)20-49-34(45)37(48-33(44)31-5-4-14-46-31)13-12-28-27-11-6-23-15-29-22(18-39-40(29)25-9-7-24(38)8-10-25)16-35(23,2)32(27)30(43)17-36(28,37)3/h4-5,7-10,14-15,18,27-28,30,32,43H,6,11-13,16-17,19-20H2,1-3H3/t27-,28-,30-,32+,35-,36-,37-/m0/s1. The number of aliphatic hydroxyl groups excluding tert-OH is 1. The second-order valence-electron chi connectivity index (χ2n) is 14.4. The average molecular weight is 691 g/mol. The summed E-state index contributed by atoms with van der Waals surface area (Å²) < 4.78 is 31.8. The minimum atomic E-state index is -1.62. The van der Waals surface area contributed by atoms with Gasteiger partial charge in [-0.1, -0.05) is 31.2 Å². The van der Waals surface area contributed by atoms with Crippen molar-refractivity contribution < 1.29 is 42.6 Å². The van der Waals surface area contributed by atoms with Gasteiger partial charge in [0.2, 0.25) is 10.9 Å². The smallest absolute Gasteiger partial charge is 0.375 e. The third-order valence-electron chi connectivity index (χ3n) is 11.7. The van der Waals surface area contributed by atoms with E-state index in [-0.39, 0.29) is 53.3 Å². The maximum Gasteiger partial charge on any atom is 0.375 e. The second kappa shape index (κ2) is 12.4. The van der Waals surface area contributed by atoms with E-state index >= 15 is 0 Å². The highest BCUT2D eigenvalue weighted by Crippen LogP contribution is 2.69. The quantitative estimate of drug-likeness (QED) is 0.291. The third-order valence-corrected chi connectivity index (χ3v) is 12.8. The lowest BCUT2D eigenvalue weighted by Crippen LogP contribution is -2.62. The van der Waals surface area contributed by atoms with Crippen LogP contribution in [0.4, 0.5) is 4.39 Å². The molecule has 4 aliphatic carbocycles. The number of Topliss-reactive ketones (excluding diaryl/α,β-unsaturated/α-hetero) is 1. The van der Waals surface area contributed by atoms with Crippen LogP contribution in [0.5, 0.6) is 0 Å². The Balaban J connectivity index is 1.19. The first kappa shape index (κ1) is 33.5. The van der Waals surface area contributed by atoms with E-state index in [1.807, 2.05) is 17.8 Å². The van der Waals surface area contributed by atoms with Crippen LogP contribution < -0.4 is 0 Å². The number of carbonyl (C=O) groups is 4. The molecular weight excluding hydrogens is 651 g/mol. The lowest BCUT2D eigenvalue weighted by molar-refractivity contribution is -0.175. The molecule has 0 aliphatic heterocycles. The first-order valence-corrected chi connectivity index (χ1v) is 17.7. The van der Waals surface area contributed by atoms with Crippen LogP contribution in [0.2, 0.25) is 0 Å². The maximum atomic E-state index is 14.3. The van der Waals surface area contributed by atoms with Gasteiger partial charge in [0, 0.05) is 12.3 Å². The van der Waals surface area contributed by atoms with Crippen LogP contribution >= 0.6 is 11.8 Å².